The SMILES string of the molecule is C=C1[C@@H](F)CC(O[Si](C)(C)C(C)(C)C)C[C@]12O[C@@H]2COC(=O)c1ccccc1. The van der Waals surface area contributed by atoms with Crippen LogP contribution in [0.5, 0.6) is 0 Å². The summed E-state index contributed by atoms with van der Waals surface area (Å²) < 4.78 is 32.4. The summed E-state index contributed by atoms with van der Waals surface area (Å²) in [6.07, 6.45) is -0.870. The van der Waals surface area contributed by atoms with Crippen LogP contribution in [0.3, 0.4) is 0 Å². The van der Waals surface area contributed by atoms with E-state index in [0.717, 1.165) is 0 Å². The van der Waals surface area contributed by atoms with Gasteiger partial charge in [-0.25, -0.2) is 9.18 Å². The molecule has 4 nitrogen and oxygen atoms in total. The fraction of sp³-hybridized carbons (Fsp3) is 0.591. The molecule has 0 aromatic heterocycles. The van der Waals surface area contributed by atoms with E-state index in [9.17, 15) is 9.18 Å². The Morgan fingerprint density at radius 3 is 2.57 bits per heavy atom. The molecule has 28 heavy (non-hydrogen) atoms. The van der Waals surface area contributed by atoms with Crippen LogP contribution in [-0.4, -0.2) is 44.9 Å². The molecule has 0 amide bonds. The van der Waals surface area contributed by atoms with E-state index in [1.165, 1.54) is 0 Å². The molecule has 1 unspecified atom stereocenters. The minimum atomic E-state index is -2.02. The quantitative estimate of drug-likeness (QED) is 0.297. The number of halogens is 1. The second kappa shape index (κ2) is 7.39. The van der Waals surface area contributed by atoms with Gasteiger partial charge in [-0.1, -0.05) is 45.5 Å². The number of carbonyl (C=O) groups excluding carboxylic acids is 1. The van der Waals surface area contributed by atoms with Crippen molar-refractivity contribution in [2.24, 2.45) is 0 Å². The topological polar surface area (TPSA) is 48.1 Å². The Balaban J connectivity index is 1.63. The third-order valence-electron chi connectivity index (χ3n) is 6.38. The summed E-state index contributed by atoms with van der Waals surface area (Å²) in [6, 6.07) is 8.81. The van der Waals surface area contributed by atoms with Crippen molar-refractivity contribution in [3.05, 3.63) is 48.0 Å². The first-order chi connectivity index (χ1) is 13.0. The molecule has 0 radical (unpaired) electrons. The molecule has 2 aliphatic rings. The summed E-state index contributed by atoms with van der Waals surface area (Å²) in [7, 11) is -2.02. The van der Waals surface area contributed by atoms with Crippen LogP contribution in [0.1, 0.15) is 44.0 Å². The summed E-state index contributed by atoms with van der Waals surface area (Å²) in [6.45, 7) is 14.9. The van der Waals surface area contributed by atoms with Gasteiger partial charge in [0.1, 0.15) is 24.5 Å². The number of carbonyl (C=O) groups is 1. The van der Waals surface area contributed by atoms with Crippen molar-refractivity contribution in [1.82, 2.24) is 0 Å². The first-order valence-corrected chi connectivity index (χ1v) is 12.8. The van der Waals surface area contributed by atoms with Gasteiger partial charge in [-0.3, -0.25) is 0 Å². The largest absolute Gasteiger partial charge is 0.459 e. The van der Waals surface area contributed by atoms with Crippen molar-refractivity contribution in [3.63, 3.8) is 0 Å². The molecule has 1 spiro atoms. The third kappa shape index (κ3) is 4.09. The molecule has 1 aromatic rings. The molecule has 0 N–H and O–H groups in total. The molecule has 0 bridgehead atoms. The molecular weight excluding hydrogens is 375 g/mol. The Morgan fingerprint density at radius 2 is 1.96 bits per heavy atom. The van der Waals surface area contributed by atoms with Gasteiger partial charge in [0.05, 0.1) is 11.7 Å². The van der Waals surface area contributed by atoms with Gasteiger partial charge in [0.25, 0.3) is 0 Å². The predicted octanol–water partition coefficient (Wildman–Crippen LogP) is 5.06. The second-order valence-electron chi connectivity index (χ2n) is 9.39. The monoisotopic (exact) mass is 406 g/mol. The summed E-state index contributed by atoms with van der Waals surface area (Å²) in [5.41, 5.74) is 0.160. The standard InChI is InChI=1S/C22H31FO4Si/c1-15-18(23)12-17(27-28(5,6)21(2,3)4)13-22(15)19(26-22)14-25-20(24)16-10-8-7-9-11-16/h7-11,17-19H,1,12-14H2,2-6H3/t17?,18-,19+,22-/m0/s1. The van der Waals surface area contributed by atoms with Crippen molar-refractivity contribution >= 4 is 14.3 Å². The van der Waals surface area contributed by atoms with Crippen LogP contribution in [0.15, 0.2) is 42.5 Å². The molecule has 6 heteroatoms. The Bertz CT molecular complexity index is 743. The highest BCUT2D eigenvalue weighted by molar-refractivity contribution is 6.74. The highest BCUT2D eigenvalue weighted by Crippen LogP contribution is 2.53. The van der Waals surface area contributed by atoms with Crippen LogP contribution in [0.2, 0.25) is 18.1 Å². The van der Waals surface area contributed by atoms with Crippen molar-refractivity contribution in [1.29, 1.82) is 0 Å². The summed E-state index contributed by atoms with van der Waals surface area (Å²) in [5, 5.41) is 0.0510. The van der Waals surface area contributed by atoms with E-state index in [0.29, 0.717) is 24.0 Å². The smallest absolute Gasteiger partial charge is 0.338 e. The third-order valence-corrected chi connectivity index (χ3v) is 10.9. The molecule has 3 rings (SSSR count). The lowest BCUT2D eigenvalue weighted by atomic mass is 9.80. The van der Waals surface area contributed by atoms with Gasteiger partial charge in [0.2, 0.25) is 0 Å². The van der Waals surface area contributed by atoms with E-state index < -0.39 is 26.1 Å². The van der Waals surface area contributed by atoms with Gasteiger partial charge in [-0.05, 0) is 35.8 Å². The first kappa shape index (κ1) is 21.2. The van der Waals surface area contributed by atoms with Crippen LogP contribution in [0.4, 0.5) is 4.39 Å². The van der Waals surface area contributed by atoms with Crippen molar-refractivity contribution in [3.8, 4) is 0 Å². The van der Waals surface area contributed by atoms with E-state index in [1.807, 2.05) is 6.07 Å². The van der Waals surface area contributed by atoms with Gasteiger partial charge in [-0.15, -0.1) is 0 Å². The second-order valence-corrected chi connectivity index (χ2v) is 14.1. The number of benzene rings is 1. The Morgan fingerprint density at radius 1 is 1.32 bits per heavy atom. The van der Waals surface area contributed by atoms with Gasteiger partial charge in [0.15, 0.2) is 8.32 Å². The highest BCUT2D eigenvalue weighted by atomic mass is 28.4. The number of hydrogen-bond acceptors (Lipinski definition) is 4. The zero-order valence-corrected chi connectivity index (χ0v) is 18.5. The Hall–Kier alpha value is -1.50. The summed E-state index contributed by atoms with van der Waals surface area (Å²) in [5.74, 6) is -0.404. The molecule has 1 aliphatic heterocycles. The number of hydrogen-bond donors (Lipinski definition) is 0. The minimum absolute atomic E-state index is 0.0510. The van der Waals surface area contributed by atoms with Gasteiger partial charge in [-0.2, -0.15) is 0 Å². The first-order valence-electron chi connectivity index (χ1n) is 9.87. The van der Waals surface area contributed by atoms with Crippen LogP contribution in [-0.2, 0) is 13.9 Å². The number of rotatable bonds is 5. The fourth-order valence-corrected chi connectivity index (χ4v) is 4.90. The number of esters is 1. The number of epoxide rings is 1. The van der Waals surface area contributed by atoms with Crippen LogP contribution < -0.4 is 0 Å². The molecule has 4 atom stereocenters. The summed E-state index contributed by atoms with van der Waals surface area (Å²) in [4.78, 5) is 12.2. The Kier molecular flexibility index (Phi) is 5.60. The normalized spacial score (nSPS) is 30.4. The molecule has 1 heterocycles. The van der Waals surface area contributed by atoms with Crippen molar-refractivity contribution in [2.45, 2.75) is 75.7 Å². The number of alkyl halides is 1. The average Bonchev–Trinajstić information content (AvgIpc) is 3.30. The van der Waals surface area contributed by atoms with Gasteiger partial charge < -0.3 is 13.9 Å². The molecule has 1 saturated carbocycles. The molecule has 1 saturated heterocycles. The van der Waals surface area contributed by atoms with E-state index in [-0.39, 0.29) is 23.9 Å². The van der Waals surface area contributed by atoms with E-state index in [2.05, 4.69) is 40.4 Å². The van der Waals surface area contributed by atoms with Gasteiger partial charge in [0, 0.05) is 12.8 Å². The van der Waals surface area contributed by atoms with Crippen LogP contribution >= 0.6 is 0 Å². The highest BCUT2D eigenvalue weighted by Gasteiger charge is 2.64. The zero-order valence-electron chi connectivity index (χ0n) is 17.5. The maximum Gasteiger partial charge on any atom is 0.338 e. The molecule has 154 valence electrons. The van der Waals surface area contributed by atoms with Crippen molar-refractivity contribution in [2.75, 3.05) is 6.61 Å². The minimum Gasteiger partial charge on any atom is -0.459 e. The lowest BCUT2D eigenvalue weighted by Gasteiger charge is -2.42. The molecule has 1 aliphatic carbocycles. The van der Waals surface area contributed by atoms with E-state index in [1.54, 1.807) is 24.3 Å². The molecular formula is C22H31FO4Si. The van der Waals surface area contributed by atoms with Crippen LogP contribution in [0, 0.1) is 0 Å². The number of ether oxygens (including phenoxy) is 2. The fourth-order valence-electron chi connectivity index (χ4n) is 3.53. The molecule has 2 fully saturated rings. The van der Waals surface area contributed by atoms with Crippen molar-refractivity contribution < 1.29 is 23.1 Å². The summed E-state index contributed by atoms with van der Waals surface area (Å²) >= 11 is 0. The van der Waals surface area contributed by atoms with Crippen LogP contribution in [0.25, 0.3) is 0 Å². The molecule has 1 aromatic carbocycles. The van der Waals surface area contributed by atoms with E-state index >= 15 is 0 Å². The average molecular weight is 407 g/mol. The Labute approximate surface area is 168 Å². The lowest BCUT2D eigenvalue weighted by Crippen LogP contribution is -2.48. The lowest BCUT2D eigenvalue weighted by molar-refractivity contribution is 0.0476. The maximum absolute atomic E-state index is 14.7. The maximum atomic E-state index is 14.7. The van der Waals surface area contributed by atoms with E-state index in [4.69, 9.17) is 13.9 Å². The zero-order chi connectivity index (χ0) is 20.7. The van der Waals surface area contributed by atoms with Gasteiger partial charge >= 0.3 is 5.97 Å². The predicted molar refractivity (Wildman–Crippen MR) is 110 cm³/mol.